The summed E-state index contributed by atoms with van der Waals surface area (Å²) in [7, 11) is 2.36. The molecule has 2 aromatic rings. The Bertz CT molecular complexity index is 707. The summed E-state index contributed by atoms with van der Waals surface area (Å²) in [6.07, 6.45) is 6.23. The topological polar surface area (TPSA) is 55.4 Å². The lowest BCUT2D eigenvalue weighted by atomic mass is 10.2. The SMILES string of the molecule is C[N+]1(CCNc2nn3c4c(ccc3c2N)CCC4)CCCC1.Cl.[Cl-]. The molecule has 3 heterocycles. The van der Waals surface area contributed by atoms with Crippen LogP contribution in [0, 0.1) is 0 Å². The molecule has 0 atom stereocenters. The Morgan fingerprint density at radius 3 is 2.71 bits per heavy atom. The van der Waals surface area contributed by atoms with Crippen molar-refractivity contribution in [2.75, 3.05) is 44.3 Å². The van der Waals surface area contributed by atoms with Gasteiger partial charge in [-0.1, -0.05) is 6.07 Å². The summed E-state index contributed by atoms with van der Waals surface area (Å²) >= 11 is 0. The second-order valence-electron chi connectivity index (χ2n) is 7.14. The van der Waals surface area contributed by atoms with Crippen LogP contribution in [0.25, 0.3) is 5.52 Å². The first-order valence-electron chi connectivity index (χ1n) is 8.53. The monoisotopic (exact) mass is 371 g/mol. The van der Waals surface area contributed by atoms with Crippen molar-refractivity contribution < 1.29 is 16.9 Å². The number of nitrogen functional groups attached to an aromatic ring is 1. The van der Waals surface area contributed by atoms with Gasteiger partial charge in [0.15, 0.2) is 5.82 Å². The van der Waals surface area contributed by atoms with Crippen LogP contribution >= 0.6 is 12.4 Å². The van der Waals surface area contributed by atoms with Gasteiger partial charge in [0.2, 0.25) is 0 Å². The molecule has 1 saturated heterocycles. The molecule has 134 valence electrons. The van der Waals surface area contributed by atoms with Crippen LogP contribution in [0.3, 0.4) is 0 Å². The zero-order valence-corrected chi connectivity index (χ0v) is 15.8. The molecule has 4 rings (SSSR count). The molecule has 1 fully saturated rings. The van der Waals surface area contributed by atoms with Crippen molar-refractivity contribution in [1.82, 2.24) is 9.61 Å². The molecule has 0 amide bonds. The van der Waals surface area contributed by atoms with Gasteiger partial charge >= 0.3 is 0 Å². The van der Waals surface area contributed by atoms with Gasteiger partial charge in [-0.2, -0.15) is 0 Å². The van der Waals surface area contributed by atoms with E-state index in [1.54, 1.807) is 0 Å². The Labute approximate surface area is 156 Å². The third kappa shape index (κ3) is 3.30. The number of nitrogens with one attached hydrogen (secondary N) is 1. The fraction of sp³-hybridized carbons (Fsp3) is 0.588. The van der Waals surface area contributed by atoms with E-state index in [0.29, 0.717) is 0 Å². The van der Waals surface area contributed by atoms with E-state index in [1.165, 1.54) is 54.5 Å². The second-order valence-corrected chi connectivity index (χ2v) is 7.14. The van der Waals surface area contributed by atoms with E-state index in [2.05, 4.69) is 29.0 Å². The molecule has 0 aromatic carbocycles. The number of nitrogens with two attached hydrogens (primary N) is 1. The van der Waals surface area contributed by atoms with Crippen LogP contribution in [0.2, 0.25) is 0 Å². The number of anilines is 2. The lowest BCUT2D eigenvalue weighted by Gasteiger charge is -2.29. The van der Waals surface area contributed by atoms with Gasteiger partial charge in [0.25, 0.3) is 0 Å². The number of pyridine rings is 1. The molecule has 2 aliphatic rings. The van der Waals surface area contributed by atoms with Crippen molar-refractivity contribution in [3.8, 4) is 0 Å². The number of rotatable bonds is 4. The van der Waals surface area contributed by atoms with Gasteiger partial charge < -0.3 is 27.9 Å². The number of aryl methyl sites for hydroxylation is 2. The lowest BCUT2D eigenvalue weighted by molar-refractivity contribution is -0.895. The fourth-order valence-electron chi connectivity index (χ4n) is 4.06. The molecule has 0 radical (unpaired) electrons. The summed E-state index contributed by atoms with van der Waals surface area (Å²) in [6.45, 7) is 4.68. The van der Waals surface area contributed by atoms with Crippen LogP contribution in [-0.2, 0) is 12.8 Å². The number of nitrogens with zero attached hydrogens (tertiary/aromatic N) is 3. The molecule has 7 heteroatoms. The van der Waals surface area contributed by atoms with E-state index in [4.69, 9.17) is 10.8 Å². The highest BCUT2D eigenvalue weighted by Gasteiger charge is 2.26. The minimum absolute atomic E-state index is 0. The van der Waals surface area contributed by atoms with E-state index < -0.39 is 0 Å². The molecule has 2 aromatic heterocycles. The molecule has 1 aliphatic carbocycles. The van der Waals surface area contributed by atoms with E-state index in [-0.39, 0.29) is 24.8 Å². The van der Waals surface area contributed by atoms with Gasteiger partial charge in [-0.3, -0.25) is 0 Å². The maximum absolute atomic E-state index is 6.31. The number of halogens is 2. The number of fused-ring (bicyclic) bond motifs is 3. The van der Waals surface area contributed by atoms with Gasteiger partial charge in [-0.05, 0) is 30.9 Å². The van der Waals surface area contributed by atoms with Crippen LogP contribution < -0.4 is 23.5 Å². The standard InChI is InChI=1S/C17H26N5.2ClH/c1-22(10-2-3-11-22)12-9-19-17-16(18)15-8-7-13-5-4-6-14(13)21(15)20-17;;/h7-8H,2-6,9-12,18H2,1H3,(H,19,20);2*1H/q+1;;/p-1. The first kappa shape index (κ1) is 19.2. The number of aromatic nitrogens is 2. The highest BCUT2D eigenvalue weighted by Crippen LogP contribution is 2.29. The summed E-state index contributed by atoms with van der Waals surface area (Å²) in [5.74, 6) is 0.853. The molecule has 24 heavy (non-hydrogen) atoms. The average molecular weight is 372 g/mol. The van der Waals surface area contributed by atoms with Crippen LogP contribution in [0.5, 0.6) is 0 Å². The summed E-state index contributed by atoms with van der Waals surface area (Å²) in [4.78, 5) is 0. The first-order chi connectivity index (χ1) is 10.7. The smallest absolute Gasteiger partial charge is 0.172 e. The molecule has 0 saturated carbocycles. The predicted molar refractivity (Wildman–Crippen MR) is 97.4 cm³/mol. The third-order valence-electron chi connectivity index (χ3n) is 5.48. The highest BCUT2D eigenvalue weighted by atomic mass is 35.5. The number of hydrogen-bond donors (Lipinski definition) is 2. The summed E-state index contributed by atoms with van der Waals surface area (Å²) in [5.41, 5.74) is 10.9. The molecule has 0 unspecified atom stereocenters. The minimum Gasteiger partial charge on any atom is -1.00 e. The summed E-state index contributed by atoms with van der Waals surface area (Å²) in [5, 5.41) is 8.22. The van der Waals surface area contributed by atoms with Crippen molar-refractivity contribution in [3.63, 3.8) is 0 Å². The maximum Gasteiger partial charge on any atom is 0.172 e. The number of likely N-dealkylation sites (N-methyl/N-ethyl adjacent to an activating group) is 1. The zero-order chi connectivity index (χ0) is 15.2. The van der Waals surface area contributed by atoms with Crippen molar-refractivity contribution >= 4 is 29.4 Å². The van der Waals surface area contributed by atoms with Crippen molar-refractivity contribution in [1.29, 1.82) is 0 Å². The van der Waals surface area contributed by atoms with E-state index >= 15 is 0 Å². The highest BCUT2D eigenvalue weighted by molar-refractivity contribution is 5.85. The lowest BCUT2D eigenvalue weighted by Crippen LogP contribution is -3.00. The van der Waals surface area contributed by atoms with Crippen LogP contribution in [0.4, 0.5) is 11.5 Å². The molecular weight excluding hydrogens is 345 g/mol. The third-order valence-corrected chi connectivity index (χ3v) is 5.48. The molecule has 0 spiro atoms. The second kappa shape index (κ2) is 7.38. The minimum atomic E-state index is 0. The molecular formula is C17H27Cl2N5. The van der Waals surface area contributed by atoms with Gasteiger partial charge in [-0.25, -0.2) is 4.52 Å². The van der Waals surface area contributed by atoms with Crippen LogP contribution in [-0.4, -0.2) is 47.3 Å². The Morgan fingerprint density at radius 1 is 1.21 bits per heavy atom. The average Bonchev–Trinajstić information content (AvgIpc) is 3.20. The summed E-state index contributed by atoms with van der Waals surface area (Å²) in [6, 6.07) is 4.34. The molecule has 0 bridgehead atoms. The van der Waals surface area contributed by atoms with E-state index in [1.807, 2.05) is 0 Å². The normalized spacial score (nSPS) is 18.0. The number of quaternary nitrogens is 1. The van der Waals surface area contributed by atoms with Gasteiger partial charge in [-0.15, -0.1) is 17.5 Å². The van der Waals surface area contributed by atoms with Crippen LogP contribution in [0.1, 0.15) is 30.5 Å². The van der Waals surface area contributed by atoms with Crippen molar-refractivity contribution in [2.45, 2.75) is 32.1 Å². The first-order valence-corrected chi connectivity index (χ1v) is 8.53. The maximum atomic E-state index is 6.31. The quantitative estimate of drug-likeness (QED) is 0.711. The Kier molecular flexibility index (Phi) is 5.89. The molecule has 5 nitrogen and oxygen atoms in total. The van der Waals surface area contributed by atoms with Crippen molar-refractivity contribution in [2.24, 2.45) is 0 Å². The van der Waals surface area contributed by atoms with Gasteiger partial charge in [0.1, 0.15) is 5.69 Å². The van der Waals surface area contributed by atoms with Crippen LogP contribution in [0.15, 0.2) is 12.1 Å². The van der Waals surface area contributed by atoms with E-state index in [0.717, 1.165) is 36.5 Å². The Balaban J connectivity index is 0.00000104. The number of likely N-dealkylation sites (tertiary alicyclic amines) is 1. The molecule has 1 aliphatic heterocycles. The van der Waals surface area contributed by atoms with Crippen molar-refractivity contribution in [3.05, 3.63) is 23.4 Å². The zero-order valence-electron chi connectivity index (χ0n) is 14.2. The Hall–Kier alpha value is -1.17. The largest absolute Gasteiger partial charge is 1.00 e. The fourth-order valence-corrected chi connectivity index (χ4v) is 4.06. The predicted octanol–water partition coefficient (Wildman–Crippen LogP) is -0.517. The van der Waals surface area contributed by atoms with Gasteiger partial charge in [0, 0.05) is 18.5 Å². The number of hydrogen-bond acceptors (Lipinski definition) is 3. The Morgan fingerprint density at radius 2 is 1.96 bits per heavy atom. The molecule has 3 N–H and O–H groups in total. The van der Waals surface area contributed by atoms with E-state index in [9.17, 15) is 0 Å². The summed E-state index contributed by atoms with van der Waals surface area (Å²) < 4.78 is 3.24. The van der Waals surface area contributed by atoms with Gasteiger partial charge in [0.05, 0.1) is 38.7 Å².